The van der Waals surface area contributed by atoms with Crippen molar-refractivity contribution in [3.05, 3.63) is 50.6 Å². The van der Waals surface area contributed by atoms with Gasteiger partial charge in [-0.2, -0.15) is 11.3 Å². The summed E-state index contributed by atoms with van der Waals surface area (Å²) in [6, 6.07) is 9.59. The molecular formula is C16H19BrN2S. The molecule has 0 amide bonds. The lowest BCUT2D eigenvalue weighted by molar-refractivity contribution is 0.686. The summed E-state index contributed by atoms with van der Waals surface area (Å²) in [5.74, 6) is 0. The molecule has 0 aliphatic heterocycles. The molecule has 1 fully saturated rings. The van der Waals surface area contributed by atoms with Crippen molar-refractivity contribution in [3.8, 4) is 0 Å². The van der Waals surface area contributed by atoms with Crippen LogP contribution in [0, 0.1) is 0 Å². The number of halogens is 1. The van der Waals surface area contributed by atoms with Gasteiger partial charge in [0.25, 0.3) is 0 Å². The molecule has 2 aromatic rings. The molecule has 3 rings (SSSR count). The minimum atomic E-state index is 0.753. The van der Waals surface area contributed by atoms with Crippen LogP contribution in [0.2, 0.25) is 0 Å². The number of hydrogen-bond donors (Lipinski definition) is 1. The first kappa shape index (κ1) is 14.1. The van der Waals surface area contributed by atoms with Crippen molar-refractivity contribution in [2.24, 2.45) is 0 Å². The Morgan fingerprint density at radius 1 is 1.35 bits per heavy atom. The van der Waals surface area contributed by atoms with Crippen LogP contribution in [0.1, 0.15) is 24.0 Å². The largest absolute Gasteiger partial charge is 0.370 e. The van der Waals surface area contributed by atoms with Gasteiger partial charge >= 0.3 is 0 Å². The van der Waals surface area contributed by atoms with Crippen LogP contribution in [0.5, 0.6) is 0 Å². The summed E-state index contributed by atoms with van der Waals surface area (Å²) in [6.45, 7) is 1.91. The molecule has 1 aliphatic rings. The SMILES string of the molecule is CN(Cc1ccsc1)c1ccc(CNC2CC2)c(Br)c1. The molecule has 0 unspecified atom stereocenters. The molecular weight excluding hydrogens is 332 g/mol. The van der Waals surface area contributed by atoms with Crippen LogP contribution in [-0.2, 0) is 13.1 Å². The Morgan fingerprint density at radius 3 is 2.85 bits per heavy atom. The zero-order chi connectivity index (χ0) is 13.9. The van der Waals surface area contributed by atoms with E-state index in [0.29, 0.717) is 0 Å². The smallest absolute Gasteiger partial charge is 0.0434 e. The van der Waals surface area contributed by atoms with Crippen LogP contribution in [0.3, 0.4) is 0 Å². The van der Waals surface area contributed by atoms with Crippen molar-refractivity contribution in [1.29, 1.82) is 0 Å². The Kier molecular flexibility index (Phi) is 4.44. The van der Waals surface area contributed by atoms with E-state index >= 15 is 0 Å². The number of rotatable bonds is 6. The van der Waals surface area contributed by atoms with Gasteiger partial charge in [0.1, 0.15) is 0 Å². The summed E-state index contributed by atoms with van der Waals surface area (Å²) in [5, 5.41) is 7.90. The summed E-state index contributed by atoms with van der Waals surface area (Å²) in [7, 11) is 2.14. The summed E-state index contributed by atoms with van der Waals surface area (Å²) >= 11 is 5.45. The predicted octanol–water partition coefficient (Wildman–Crippen LogP) is 4.40. The fourth-order valence-electron chi connectivity index (χ4n) is 2.21. The maximum absolute atomic E-state index is 3.70. The first-order valence-corrected chi connectivity index (χ1v) is 8.70. The summed E-state index contributed by atoms with van der Waals surface area (Å²) < 4.78 is 1.19. The van der Waals surface area contributed by atoms with Gasteiger partial charge in [-0.15, -0.1) is 0 Å². The summed E-state index contributed by atoms with van der Waals surface area (Å²) in [5.41, 5.74) is 3.95. The predicted molar refractivity (Wildman–Crippen MR) is 90.4 cm³/mol. The van der Waals surface area contributed by atoms with Crippen LogP contribution in [0.25, 0.3) is 0 Å². The van der Waals surface area contributed by atoms with E-state index in [2.05, 4.69) is 68.2 Å². The van der Waals surface area contributed by atoms with Crippen LogP contribution in [0.15, 0.2) is 39.5 Å². The summed E-state index contributed by atoms with van der Waals surface area (Å²) in [6.07, 6.45) is 2.66. The minimum Gasteiger partial charge on any atom is -0.370 e. The Balaban J connectivity index is 1.65. The Hall–Kier alpha value is -0.840. The van der Waals surface area contributed by atoms with E-state index in [1.165, 1.54) is 34.1 Å². The highest BCUT2D eigenvalue weighted by Gasteiger charge is 2.20. The fourth-order valence-corrected chi connectivity index (χ4v) is 3.37. The maximum atomic E-state index is 3.70. The van der Waals surface area contributed by atoms with Gasteiger partial charge in [-0.25, -0.2) is 0 Å². The Morgan fingerprint density at radius 2 is 2.20 bits per heavy atom. The van der Waals surface area contributed by atoms with E-state index in [9.17, 15) is 0 Å². The molecule has 4 heteroatoms. The molecule has 1 aromatic heterocycles. The molecule has 1 aromatic carbocycles. The quantitative estimate of drug-likeness (QED) is 0.830. The van der Waals surface area contributed by atoms with E-state index < -0.39 is 0 Å². The van der Waals surface area contributed by atoms with Crippen molar-refractivity contribution in [3.63, 3.8) is 0 Å². The number of nitrogens with one attached hydrogen (secondary N) is 1. The molecule has 0 radical (unpaired) electrons. The second-order valence-corrected chi connectivity index (χ2v) is 7.05. The van der Waals surface area contributed by atoms with Gasteiger partial charge in [-0.05, 0) is 52.9 Å². The van der Waals surface area contributed by atoms with Crippen molar-refractivity contribution in [2.75, 3.05) is 11.9 Å². The average molecular weight is 351 g/mol. The topological polar surface area (TPSA) is 15.3 Å². The first-order chi connectivity index (χ1) is 9.72. The zero-order valence-electron chi connectivity index (χ0n) is 11.6. The normalized spacial score (nSPS) is 14.5. The second kappa shape index (κ2) is 6.29. The van der Waals surface area contributed by atoms with Crippen LogP contribution in [0.4, 0.5) is 5.69 Å². The maximum Gasteiger partial charge on any atom is 0.0434 e. The molecule has 1 aliphatic carbocycles. The molecule has 0 bridgehead atoms. The van der Waals surface area contributed by atoms with Gasteiger partial charge in [0.05, 0.1) is 0 Å². The lowest BCUT2D eigenvalue weighted by atomic mass is 10.2. The highest BCUT2D eigenvalue weighted by atomic mass is 79.9. The van der Waals surface area contributed by atoms with Crippen molar-refractivity contribution in [1.82, 2.24) is 5.32 Å². The lowest BCUT2D eigenvalue weighted by Gasteiger charge is -2.20. The molecule has 1 N–H and O–H groups in total. The third-order valence-corrected chi connectivity index (χ3v) is 5.11. The number of thiophene rings is 1. The minimum absolute atomic E-state index is 0.753. The number of benzene rings is 1. The first-order valence-electron chi connectivity index (χ1n) is 6.96. The van der Waals surface area contributed by atoms with Gasteiger partial charge in [0.2, 0.25) is 0 Å². The Labute approximate surface area is 132 Å². The van der Waals surface area contributed by atoms with Gasteiger partial charge in [0.15, 0.2) is 0 Å². The van der Waals surface area contributed by atoms with E-state index in [1.807, 2.05) is 0 Å². The highest BCUT2D eigenvalue weighted by molar-refractivity contribution is 9.10. The third kappa shape index (κ3) is 3.62. The van der Waals surface area contributed by atoms with Gasteiger partial charge in [0, 0.05) is 36.3 Å². The second-order valence-electron chi connectivity index (χ2n) is 5.42. The standard InChI is InChI=1S/C16H19BrN2S/c1-19(10-12-6-7-20-11-12)15-5-2-13(16(17)8-15)9-18-14-3-4-14/h2,5-8,11,14,18H,3-4,9-10H2,1H3. The molecule has 106 valence electrons. The molecule has 0 spiro atoms. The molecule has 0 saturated heterocycles. The average Bonchev–Trinajstić information content (AvgIpc) is 3.13. The molecule has 2 nitrogen and oxygen atoms in total. The van der Waals surface area contributed by atoms with Crippen molar-refractivity contribution >= 4 is 33.0 Å². The molecule has 20 heavy (non-hydrogen) atoms. The van der Waals surface area contributed by atoms with Crippen molar-refractivity contribution < 1.29 is 0 Å². The monoisotopic (exact) mass is 350 g/mol. The third-order valence-electron chi connectivity index (χ3n) is 3.64. The number of anilines is 1. The number of nitrogens with zero attached hydrogens (tertiary/aromatic N) is 1. The van der Waals surface area contributed by atoms with Crippen molar-refractivity contribution in [2.45, 2.75) is 32.0 Å². The number of hydrogen-bond acceptors (Lipinski definition) is 3. The van der Waals surface area contributed by atoms with E-state index in [0.717, 1.165) is 19.1 Å². The van der Waals surface area contributed by atoms with Crippen LogP contribution in [-0.4, -0.2) is 13.1 Å². The van der Waals surface area contributed by atoms with E-state index in [-0.39, 0.29) is 0 Å². The highest BCUT2D eigenvalue weighted by Crippen LogP contribution is 2.26. The van der Waals surface area contributed by atoms with Crippen LogP contribution < -0.4 is 10.2 Å². The van der Waals surface area contributed by atoms with Gasteiger partial charge in [-0.3, -0.25) is 0 Å². The van der Waals surface area contributed by atoms with E-state index in [1.54, 1.807) is 11.3 Å². The molecule has 0 atom stereocenters. The molecule has 1 heterocycles. The molecule has 1 saturated carbocycles. The van der Waals surface area contributed by atoms with E-state index in [4.69, 9.17) is 0 Å². The van der Waals surface area contributed by atoms with Crippen LogP contribution >= 0.6 is 27.3 Å². The zero-order valence-corrected chi connectivity index (χ0v) is 14.0. The fraction of sp³-hybridized carbons (Fsp3) is 0.375. The van der Waals surface area contributed by atoms with Gasteiger partial charge < -0.3 is 10.2 Å². The summed E-state index contributed by atoms with van der Waals surface area (Å²) in [4.78, 5) is 2.28. The lowest BCUT2D eigenvalue weighted by Crippen LogP contribution is -2.17. The van der Waals surface area contributed by atoms with Gasteiger partial charge in [-0.1, -0.05) is 22.0 Å². The Bertz CT molecular complexity index is 564.